The summed E-state index contributed by atoms with van der Waals surface area (Å²) >= 11 is 0. The van der Waals surface area contributed by atoms with Crippen LogP contribution in [0.1, 0.15) is 20.3 Å². The topological polar surface area (TPSA) is 79.4 Å². The van der Waals surface area contributed by atoms with E-state index in [9.17, 15) is 4.79 Å². The van der Waals surface area contributed by atoms with E-state index in [4.69, 9.17) is 4.74 Å². The molecule has 7 heteroatoms. The molecule has 20 heavy (non-hydrogen) atoms. The van der Waals surface area contributed by atoms with Crippen LogP contribution in [-0.2, 0) is 4.74 Å². The zero-order valence-corrected chi connectivity index (χ0v) is 12.3. The Bertz CT molecular complexity index is 493. The molecular weight excluding hydrogens is 258 g/mol. The highest BCUT2D eigenvalue weighted by molar-refractivity contribution is 5.88. The molecule has 1 heterocycles. The van der Waals surface area contributed by atoms with Gasteiger partial charge in [-0.15, -0.1) is 0 Å². The lowest BCUT2D eigenvalue weighted by Gasteiger charge is -2.13. The van der Waals surface area contributed by atoms with Crippen LogP contribution in [0.25, 0.3) is 0 Å². The van der Waals surface area contributed by atoms with E-state index in [1.165, 1.54) is 0 Å². The number of hydrogen-bond donors (Lipinski definition) is 2. The molecule has 0 saturated heterocycles. The number of ether oxygens (including phenoxy) is 1. The predicted octanol–water partition coefficient (Wildman–Crippen LogP) is 1.23. The minimum absolute atomic E-state index is 0.0412. The highest BCUT2D eigenvalue weighted by atomic mass is 16.5. The normalized spacial score (nSPS) is 24.1. The summed E-state index contributed by atoms with van der Waals surface area (Å²) in [6.07, 6.45) is 2.44. The fraction of sp³-hybridized carbons (Fsp3) is 0.615. The number of rotatable bonds is 5. The second kappa shape index (κ2) is 5.62. The number of aromatic nitrogens is 2. The molecule has 2 N–H and O–H groups in total. The number of nitrogens with one attached hydrogen (secondary N) is 2. The first-order valence-corrected chi connectivity index (χ1v) is 6.66. The monoisotopic (exact) mass is 279 g/mol. The van der Waals surface area contributed by atoms with Crippen LogP contribution in [-0.4, -0.2) is 48.3 Å². The van der Waals surface area contributed by atoms with Crippen molar-refractivity contribution in [2.24, 2.45) is 0 Å². The highest BCUT2D eigenvalue weighted by Gasteiger charge is 2.52. The largest absolute Gasteiger partial charge is 0.373 e. The Morgan fingerprint density at radius 3 is 3.00 bits per heavy atom. The Morgan fingerprint density at radius 2 is 2.35 bits per heavy atom. The Hall–Kier alpha value is -1.89. The van der Waals surface area contributed by atoms with Gasteiger partial charge in [0.25, 0.3) is 0 Å². The summed E-state index contributed by atoms with van der Waals surface area (Å²) in [6, 6.07) is 1.50. The summed E-state index contributed by atoms with van der Waals surface area (Å²) in [5.74, 6) is 1.02. The lowest BCUT2D eigenvalue weighted by molar-refractivity contribution is 0.0494. The summed E-state index contributed by atoms with van der Waals surface area (Å²) in [4.78, 5) is 22.0. The number of carbonyl (C=O) groups is 1. The van der Waals surface area contributed by atoms with Gasteiger partial charge in [-0.2, -0.15) is 4.98 Å². The molecule has 110 valence electrons. The van der Waals surface area contributed by atoms with Gasteiger partial charge in [-0.1, -0.05) is 0 Å². The molecule has 2 rings (SSSR count). The smallest absolute Gasteiger partial charge is 0.321 e. The molecule has 7 nitrogen and oxygen atoms in total. The maximum Gasteiger partial charge on any atom is 0.321 e. The summed E-state index contributed by atoms with van der Waals surface area (Å²) < 4.78 is 5.57. The third-order valence-corrected chi connectivity index (χ3v) is 3.29. The van der Waals surface area contributed by atoms with Crippen molar-refractivity contribution in [2.75, 3.05) is 30.9 Å². The SMILES string of the molecule is CCO[C@@]1(C)C[C@H]1NC(=O)Nc1nccc(N(C)C)n1. The maximum absolute atomic E-state index is 11.9. The Balaban J connectivity index is 1.88. The lowest BCUT2D eigenvalue weighted by atomic mass is 10.4. The first kappa shape index (κ1) is 14.5. The number of anilines is 2. The van der Waals surface area contributed by atoms with Gasteiger partial charge in [0.15, 0.2) is 0 Å². The third-order valence-electron chi connectivity index (χ3n) is 3.29. The van der Waals surface area contributed by atoms with E-state index in [-0.39, 0.29) is 23.6 Å². The van der Waals surface area contributed by atoms with Crippen LogP contribution in [0.3, 0.4) is 0 Å². The van der Waals surface area contributed by atoms with Gasteiger partial charge in [-0.3, -0.25) is 5.32 Å². The molecule has 0 spiro atoms. The van der Waals surface area contributed by atoms with E-state index in [0.717, 1.165) is 12.2 Å². The second-order valence-corrected chi connectivity index (χ2v) is 5.23. The van der Waals surface area contributed by atoms with Crippen molar-refractivity contribution >= 4 is 17.8 Å². The number of urea groups is 1. The molecule has 0 bridgehead atoms. The van der Waals surface area contributed by atoms with Gasteiger partial charge >= 0.3 is 6.03 Å². The van der Waals surface area contributed by atoms with Gasteiger partial charge in [0.2, 0.25) is 5.95 Å². The number of amides is 2. The fourth-order valence-electron chi connectivity index (χ4n) is 1.99. The highest BCUT2D eigenvalue weighted by Crippen LogP contribution is 2.39. The molecule has 0 aromatic carbocycles. The predicted molar refractivity (Wildman–Crippen MR) is 76.9 cm³/mol. The zero-order chi connectivity index (χ0) is 14.8. The van der Waals surface area contributed by atoms with Gasteiger partial charge in [0.1, 0.15) is 5.82 Å². The molecular formula is C13H21N5O2. The summed E-state index contributed by atoms with van der Waals surface area (Å²) in [7, 11) is 3.76. The molecule has 2 atom stereocenters. The maximum atomic E-state index is 11.9. The quantitative estimate of drug-likeness (QED) is 0.847. The molecule has 1 aromatic heterocycles. The molecule has 2 amide bonds. The third kappa shape index (κ3) is 3.36. The molecule has 0 radical (unpaired) electrons. The van der Waals surface area contributed by atoms with Crippen LogP contribution in [0.4, 0.5) is 16.6 Å². The Morgan fingerprint density at radius 1 is 1.60 bits per heavy atom. The van der Waals surface area contributed by atoms with Gasteiger partial charge in [0, 0.05) is 33.3 Å². The molecule has 1 fully saturated rings. The van der Waals surface area contributed by atoms with Crippen molar-refractivity contribution in [1.29, 1.82) is 0 Å². The fourth-order valence-corrected chi connectivity index (χ4v) is 1.99. The van der Waals surface area contributed by atoms with Crippen LogP contribution in [0, 0.1) is 0 Å². The van der Waals surface area contributed by atoms with Crippen LogP contribution >= 0.6 is 0 Å². The lowest BCUT2D eigenvalue weighted by Crippen LogP contribution is -2.36. The number of nitrogens with zero attached hydrogens (tertiary/aromatic N) is 3. The minimum atomic E-state index is -0.311. The first-order chi connectivity index (χ1) is 9.44. The molecule has 1 aliphatic rings. The number of hydrogen-bond acceptors (Lipinski definition) is 5. The van der Waals surface area contributed by atoms with E-state index in [1.807, 2.05) is 32.8 Å². The van der Waals surface area contributed by atoms with Gasteiger partial charge in [0.05, 0.1) is 11.6 Å². The molecule has 0 unspecified atom stereocenters. The van der Waals surface area contributed by atoms with Crippen LogP contribution in [0.15, 0.2) is 12.3 Å². The van der Waals surface area contributed by atoms with E-state index in [1.54, 1.807) is 12.3 Å². The summed E-state index contributed by atoms with van der Waals surface area (Å²) in [6.45, 7) is 4.58. The average Bonchev–Trinajstić information content (AvgIpc) is 2.99. The Labute approximate surface area is 118 Å². The molecule has 1 saturated carbocycles. The van der Waals surface area contributed by atoms with E-state index >= 15 is 0 Å². The van der Waals surface area contributed by atoms with Crippen LogP contribution < -0.4 is 15.5 Å². The molecule has 0 aliphatic heterocycles. The minimum Gasteiger partial charge on any atom is -0.373 e. The van der Waals surface area contributed by atoms with Crippen molar-refractivity contribution in [3.63, 3.8) is 0 Å². The van der Waals surface area contributed by atoms with Crippen molar-refractivity contribution in [3.05, 3.63) is 12.3 Å². The Kier molecular flexibility index (Phi) is 4.08. The van der Waals surface area contributed by atoms with E-state index in [0.29, 0.717) is 6.61 Å². The van der Waals surface area contributed by atoms with Crippen molar-refractivity contribution in [2.45, 2.75) is 31.9 Å². The van der Waals surface area contributed by atoms with E-state index < -0.39 is 0 Å². The van der Waals surface area contributed by atoms with E-state index in [2.05, 4.69) is 20.6 Å². The standard InChI is InChI=1S/C13H21N5O2/c1-5-20-13(2)8-9(13)15-12(19)17-11-14-7-6-10(16-11)18(3)4/h6-7,9H,5,8H2,1-4H3,(H2,14,15,16,17,19)/t9-,13+/m1/s1. The van der Waals surface area contributed by atoms with Crippen molar-refractivity contribution in [3.8, 4) is 0 Å². The average molecular weight is 279 g/mol. The van der Waals surface area contributed by atoms with Crippen LogP contribution in [0.5, 0.6) is 0 Å². The number of carbonyl (C=O) groups excluding carboxylic acids is 1. The van der Waals surface area contributed by atoms with Gasteiger partial charge < -0.3 is 15.0 Å². The second-order valence-electron chi connectivity index (χ2n) is 5.23. The van der Waals surface area contributed by atoms with Gasteiger partial charge in [-0.25, -0.2) is 9.78 Å². The zero-order valence-electron chi connectivity index (χ0n) is 12.3. The molecule has 1 aromatic rings. The van der Waals surface area contributed by atoms with Crippen LogP contribution in [0.2, 0.25) is 0 Å². The van der Waals surface area contributed by atoms with Crippen molar-refractivity contribution in [1.82, 2.24) is 15.3 Å². The summed E-state index contributed by atoms with van der Waals surface area (Å²) in [5.41, 5.74) is -0.238. The first-order valence-electron chi connectivity index (χ1n) is 6.66. The molecule has 1 aliphatic carbocycles. The summed E-state index contributed by atoms with van der Waals surface area (Å²) in [5, 5.41) is 5.49. The van der Waals surface area contributed by atoms with Gasteiger partial charge in [-0.05, 0) is 19.9 Å². The van der Waals surface area contributed by atoms with Crippen molar-refractivity contribution < 1.29 is 9.53 Å².